The van der Waals surface area contributed by atoms with E-state index < -0.39 is 87.7 Å². The third kappa shape index (κ3) is 14.1. The molecule has 0 bridgehead atoms. The standard InChI is InChI=1S/C65H64F9IO9S5/c1-39-29-43(5)59(44(6)30-39)85(83-88(78,79)64(69,70)71,60-45(7)31-40(2)32-46(60)8)57-25-17-53(18-26-57)37-51-13-21-55(22-14-51)75(82-87(76,77)63(66,67)68)56-23-15-52(16-24-56)38-54-19-27-58(28-20-54)86(84-89(80,81)65(72,73)74,61-47(9)33-41(3)34-48(61)10)62-49(11)35-42(4)36-50(62)12/h13-36H,37-38H2,1-12H3. The van der Waals surface area contributed by atoms with Crippen LogP contribution in [0.5, 0.6) is 0 Å². The Kier molecular flexibility index (Phi) is 19.8. The van der Waals surface area contributed by atoms with Crippen molar-refractivity contribution in [1.82, 2.24) is 0 Å². The second-order valence-electron chi connectivity index (χ2n) is 22.1. The van der Waals surface area contributed by atoms with Crippen LogP contribution < -0.4 is 0 Å². The summed E-state index contributed by atoms with van der Waals surface area (Å²) in [4.78, 5) is 1.42. The molecule has 0 heterocycles. The van der Waals surface area contributed by atoms with E-state index in [9.17, 15) is 64.8 Å². The Balaban J connectivity index is 1.13. The van der Waals surface area contributed by atoms with Crippen LogP contribution in [0.25, 0.3) is 0 Å². The minimum absolute atomic E-state index is 0.152. The summed E-state index contributed by atoms with van der Waals surface area (Å²) in [5, 5.41) is 0. The SMILES string of the molecule is Cc1cc(C)c(S(OS(=O)(=O)C(F)(F)F)(c2ccc(Cc3ccc(I(OS(=O)(=O)C(F)(F)F)c4ccc(Cc5ccc(S(OS(=O)(=O)C(F)(F)F)(c6c(C)cc(C)cc6C)c6c(C)cc(C)cc6C)cc5)cc4)cc3)cc2)c2c(C)cc(C)cc2C)c(C)c1. The van der Waals surface area contributed by atoms with Gasteiger partial charge in [-0.25, -0.2) is 0 Å². The van der Waals surface area contributed by atoms with Gasteiger partial charge in [-0.3, -0.25) is 0 Å². The van der Waals surface area contributed by atoms with Gasteiger partial charge in [0.1, 0.15) is 0 Å². The van der Waals surface area contributed by atoms with Gasteiger partial charge in [0.15, 0.2) is 0 Å². The van der Waals surface area contributed by atoms with Crippen LogP contribution in [0, 0.1) is 90.2 Å². The summed E-state index contributed by atoms with van der Waals surface area (Å²) in [5.74, 6) is 0. The number of benzene rings is 8. The summed E-state index contributed by atoms with van der Waals surface area (Å²) in [6.45, 7) is 20.7. The van der Waals surface area contributed by atoms with Crippen LogP contribution in [0.2, 0.25) is 0 Å². The molecule has 0 aliphatic carbocycles. The number of hydrogen-bond acceptors (Lipinski definition) is 9. The molecule has 0 unspecified atom stereocenters. The number of aryl methyl sites for hydroxylation is 12. The van der Waals surface area contributed by atoms with E-state index >= 15 is 0 Å². The normalized spacial score (nSPS) is 13.6. The van der Waals surface area contributed by atoms with Crippen molar-refractivity contribution in [3.05, 3.63) is 242 Å². The van der Waals surface area contributed by atoms with E-state index in [0.29, 0.717) is 66.8 Å². The first-order valence-electron chi connectivity index (χ1n) is 27.2. The van der Waals surface area contributed by atoms with Crippen LogP contribution in [0.15, 0.2) is 175 Å². The molecule has 0 radical (unpaired) electrons. The fraction of sp³-hybridized carbons (Fsp3) is 0.262. The van der Waals surface area contributed by atoms with Crippen molar-refractivity contribution in [3.8, 4) is 0 Å². The van der Waals surface area contributed by atoms with Gasteiger partial charge < -0.3 is 0 Å². The van der Waals surface area contributed by atoms with Gasteiger partial charge in [0.25, 0.3) is 0 Å². The first-order valence-corrected chi connectivity index (χ1v) is 37.6. The van der Waals surface area contributed by atoms with Gasteiger partial charge in [-0.1, -0.05) is 70.8 Å². The van der Waals surface area contributed by atoms with Crippen LogP contribution >= 0.6 is 40.9 Å². The molecule has 0 saturated heterocycles. The van der Waals surface area contributed by atoms with Crippen molar-refractivity contribution in [2.45, 2.75) is 142 Å². The Morgan fingerprint density at radius 2 is 0.517 bits per heavy atom. The van der Waals surface area contributed by atoms with Gasteiger partial charge in [-0.15, -0.1) is 0 Å². The van der Waals surface area contributed by atoms with Crippen molar-refractivity contribution in [3.63, 3.8) is 0 Å². The van der Waals surface area contributed by atoms with Crippen LogP contribution in [-0.2, 0) is 53.0 Å². The molecule has 9 nitrogen and oxygen atoms in total. The second-order valence-corrected chi connectivity index (χ2v) is 37.2. The van der Waals surface area contributed by atoms with E-state index in [4.69, 9.17) is 9.77 Å². The van der Waals surface area contributed by atoms with Crippen molar-refractivity contribution in [2.75, 3.05) is 0 Å². The zero-order chi connectivity index (χ0) is 65.9. The molecule has 0 atom stereocenters. The smallest absolute Gasteiger partial charge is 0.0552 e. The van der Waals surface area contributed by atoms with Crippen molar-refractivity contribution < 1.29 is 74.5 Å². The number of alkyl halides is 9. The Bertz CT molecular complexity index is 3900. The second kappa shape index (κ2) is 25.4. The van der Waals surface area contributed by atoms with Gasteiger partial charge in [-0.2, -0.15) is 43.2 Å². The monoisotopic (exact) mass is 1450 g/mol. The first-order chi connectivity index (χ1) is 41.1. The van der Waals surface area contributed by atoms with E-state index in [-0.39, 0.29) is 49.4 Å². The summed E-state index contributed by atoms with van der Waals surface area (Å²) in [6.07, 6.45) is 0.305. The zero-order valence-electron chi connectivity index (χ0n) is 50.3. The maximum atomic E-state index is 14.5. The van der Waals surface area contributed by atoms with Crippen molar-refractivity contribution >= 4 is 71.2 Å². The molecule has 8 rings (SSSR count). The quantitative estimate of drug-likeness (QED) is 0.0468. The predicted octanol–water partition coefficient (Wildman–Crippen LogP) is 19.0. The first kappa shape index (κ1) is 69.2. The number of rotatable bonds is 18. The third-order valence-electron chi connectivity index (χ3n) is 14.5. The Labute approximate surface area is 525 Å². The fourth-order valence-electron chi connectivity index (χ4n) is 11.5. The summed E-state index contributed by atoms with van der Waals surface area (Å²) >= 11 is -4.00. The minimum atomic E-state index is -6.26. The summed E-state index contributed by atoms with van der Waals surface area (Å²) in [7, 11) is -26.1. The molecule has 0 amide bonds. The molecule has 8 aromatic rings. The van der Waals surface area contributed by atoms with E-state index in [1.807, 2.05) is 27.7 Å². The van der Waals surface area contributed by atoms with Gasteiger partial charge in [0.05, 0.1) is 0 Å². The molecule has 0 fully saturated rings. The summed E-state index contributed by atoms with van der Waals surface area (Å²) in [6, 6.07) is 38.7. The molecule has 478 valence electrons. The Hall–Kier alpha value is -5.71. The molecule has 8 aromatic carbocycles. The Morgan fingerprint density at radius 3 is 0.719 bits per heavy atom. The van der Waals surface area contributed by atoms with E-state index in [1.54, 1.807) is 152 Å². The van der Waals surface area contributed by atoms with Crippen LogP contribution in [-0.4, -0.2) is 41.8 Å². The minimum Gasteiger partial charge on any atom is -0.0552 e. The van der Waals surface area contributed by atoms with Crippen LogP contribution in [0.4, 0.5) is 39.5 Å². The Morgan fingerprint density at radius 1 is 0.315 bits per heavy atom. The van der Waals surface area contributed by atoms with E-state index in [2.05, 4.69) is 0 Å². The summed E-state index contributed by atoms with van der Waals surface area (Å²) in [5.41, 5.74) is -7.79. The topological polar surface area (TPSA) is 130 Å². The average Bonchev–Trinajstić information content (AvgIpc) is 0.736. The van der Waals surface area contributed by atoms with E-state index in [0.717, 1.165) is 22.3 Å². The van der Waals surface area contributed by atoms with Crippen molar-refractivity contribution in [2.24, 2.45) is 0 Å². The van der Waals surface area contributed by atoms with Crippen LogP contribution in [0.3, 0.4) is 0 Å². The van der Waals surface area contributed by atoms with E-state index in [1.165, 1.54) is 48.5 Å². The maximum absolute atomic E-state index is 14.5. The summed E-state index contributed by atoms with van der Waals surface area (Å²) < 4.78 is 225. The fourth-order valence-corrected chi connectivity index (χ4v) is 28.9. The van der Waals surface area contributed by atoms with Gasteiger partial charge in [-0.05, 0) is 83.1 Å². The van der Waals surface area contributed by atoms with Gasteiger partial charge in [0.2, 0.25) is 0 Å². The van der Waals surface area contributed by atoms with Crippen LogP contribution in [0.1, 0.15) is 89.0 Å². The molecule has 89 heavy (non-hydrogen) atoms. The van der Waals surface area contributed by atoms with Crippen molar-refractivity contribution in [1.29, 1.82) is 0 Å². The van der Waals surface area contributed by atoms with Gasteiger partial charge in [0, 0.05) is 0 Å². The van der Waals surface area contributed by atoms with Gasteiger partial charge >= 0.3 is 332 Å². The molecule has 0 spiro atoms. The zero-order valence-corrected chi connectivity index (χ0v) is 56.5. The molecular formula is C65H64F9IO9S5. The molecule has 0 aromatic heterocycles. The number of halogens is 10. The molecule has 0 aliphatic rings. The molecule has 0 N–H and O–H groups in total. The molecule has 0 aliphatic heterocycles. The number of hydrogen-bond donors (Lipinski definition) is 0. The predicted molar refractivity (Wildman–Crippen MR) is 338 cm³/mol. The third-order valence-corrected chi connectivity index (χ3v) is 32.5. The molecule has 24 heteroatoms. The molecular weight excluding hydrogens is 1380 g/mol. The average molecular weight is 1450 g/mol. The molecule has 0 saturated carbocycles.